The molecular weight excluding hydrogens is 254 g/mol. The molecule has 20 heavy (non-hydrogen) atoms. The van der Waals surface area contributed by atoms with Crippen molar-refractivity contribution < 1.29 is 14.7 Å². The number of nitrogens with one attached hydrogen (secondary N) is 1. The molecule has 4 nitrogen and oxygen atoms in total. The number of carboxylic acids is 1. The molecule has 1 amide bonds. The van der Waals surface area contributed by atoms with Crippen LogP contribution in [0.5, 0.6) is 0 Å². The summed E-state index contributed by atoms with van der Waals surface area (Å²) in [6, 6.07) is 0.244. The van der Waals surface area contributed by atoms with E-state index in [0.29, 0.717) is 12.3 Å². The molecule has 1 saturated carbocycles. The van der Waals surface area contributed by atoms with Gasteiger partial charge < -0.3 is 10.4 Å². The zero-order valence-electron chi connectivity index (χ0n) is 13.2. The van der Waals surface area contributed by atoms with Gasteiger partial charge in [0, 0.05) is 18.9 Å². The minimum absolute atomic E-state index is 0.0000926. The molecule has 2 N–H and O–H groups in total. The lowest BCUT2D eigenvalue weighted by molar-refractivity contribution is -0.138. The van der Waals surface area contributed by atoms with Gasteiger partial charge in [-0.2, -0.15) is 0 Å². The molecule has 116 valence electrons. The van der Waals surface area contributed by atoms with Gasteiger partial charge in [-0.25, -0.2) is 0 Å². The van der Waals surface area contributed by atoms with E-state index in [1.807, 2.05) is 6.92 Å². The monoisotopic (exact) mass is 283 g/mol. The molecular formula is C16H29NO3. The lowest BCUT2D eigenvalue weighted by Crippen LogP contribution is -2.47. The number of carbonyl (C=O) groups is 2. The van der Waals surface area contributed by atoms with E-state index in [4.69, 9.17) is 5.11 Å². The third-order valence-corrected chi connectivity index (χ3v) is 4.28. The van der Waals surface area contributed by atoms with E-state index < -0.39 is 5.97 Å². The van der Waals surface area contributed by atoms with E-state index in [9.17, 15) is 9.59 Å². The Labute approximate surface area is 122 Å². The topological polar surface area (TPSA) is 66.4 Å². The number of carboxylic acid groups (broad SMARTS) is 1. The van der Waals surface area contributed by atoms with Gasteiger partial charge >= 0.3 is 5.97 Å². The maximum Gasteiger partial charge on any atom is 0.303 e. The van der Waals surface area contributed by atoms with Crippen LogP contribution in [0.1, 0.15) is 66.2 Å². The van der Waals surface area contributed by atoms with E-state index in [2.05, 4.69) is 26.1 Å². The first-order valence-corrected chi connectivity index (χ1v) is 7.71. The Kier molecular flexibility index (Phi) is 6.03. The number of rotatable bonds is 5. The molecule has 0 bridgehead atoms. The second kappa shape index (κ2) is 7.09. The number of carbonyl (C=O) groups excluding carboxylic acids is 1. The fourth-order valence-electron chi connectivity index (χ4n) is 3.29. The Morgan fingerprint density at radius 3 is 2.35 bits per heavy atom. The van der Waals surface area contributed by atoms with E-state index in [1.54, 1.807) is 0 Å². The highest BCUT2D eigenvalue weighted by atomic mass is 16.4. The van der Waals surface area contributed by atoms with Gasteiger partial charge in [0.2, 0.25) is 5.91 Å². The zero-order valence-corrected chi connectivity index (χ0v) is 13.2. The van der Waals surface area contributed by atoms with Crippen LogP contribution in [-0.4, -0.2) is 23.0 Å². The Morgan fingerprint density at radius 1 is 1.20 bits per heavy atom. The van der Waals surface area contributed by atoms with Gasteiger partial charge in [-0.15, -0.1) is 0 Å². The van der Waals surface area contributed by atoms with Gasteiger partial charge in [0.05, 0.1) is 0 Å². The molecule has 0 aromatic rings. The largest absolute Gasteiger partial charge is 0.481 e. The lowest BCUT2D eigenvalue weighted by atomic mass is 9.69. The molecule has 1 aliphatic rings. The molecule has 0 aromatic carbocycles. The summed E-state index contributed by atoms with van der Waals surface area (Å²) >= 11 is 0. The molecule has 3 unspecified atom stereocenters. The van der Waals surface area contributed by atoms with Gasteiger partial charge in [-0.3, -0.25) is 9.59 Å². The SMILES string of the molecule is CC(CC(=O)O)CC(=O)NC1CCCCC1C(C)(C)C. The molecule has 0 saturated heterocycles. The van der Waals surface area contributed by atoms with Crippen molar-refractivity contribution in [3.8, 4) is 0 Å². The maximum absolute atomic E-state index is 12.1. The van der Waals surface area contributed by atoms with E-state index in [-0.39, 0.29) is 29.7 Å². The lowest BCUT2D eigenvalue weighted by Gasteiger charge is -2.40. The van der Waals surface area contributed by atoms with E-state index in [1.165, 1.54) is 19.3 Å². The van der Waals surface area contributed by atoms with Crippen molar-refractivity contribution >= 4 is 11.9 Å². The number of hydrogen-bond acceptors (Lipinski definition) is 2. The molecule has 1 rings (SSSR count). The van der Waals surface area contributed by atoms with Gasteiger partial charge in [-0.1, -0.05) is 40.5 Å². The van der Waals surface area contributed by atoms with Gasteiger partial charge in [0.15, 0.2) is 0 Å². The van der Waals surface area contributed by atoms with E-state index in [0.717, 1.165) is 6.42 Å². The maximum atomic E-state index is 12.1. The predicted octanol–water partition coefficient (Wildman–Crippen LogP) is 3.21. The van der Waals surface area contributed by atoms with Crippen LogP contribution in [0, 0.1) is 17.3 Å². The molecule has 3 atom stereocenters. The summed E-state index contributed by atoms with van der Waals surface area (Å²) in [5.41, 5.74) is 0.199. The predicted molar refractivity (Wildman–Crippen MR) is 79.4 cm³/mol. The average molecular weight is 283 g/mol. The Hall–Kier alpha value is -1.06. The highest BCUT2D eigenvalue weighted by Crippen LogP contribution is 2.38. The quantitative estimate of drug-likeness (QED) is 0.814. The minimum Gasteiger partial charge on any atom is -0.481 e. The third kappa shape index (κ3) is 5.51. The van der Waals surface area contributed by atoms with Crippen LogP contribution in [0.4, 0.5) is 0 Å². The van der Waals surface area contributed by atoms with Crippen LogP contribution < -0.4 is 5.32 Å². The van der Waals surface area contributed by atoms with Crippen molar-refractivity contribution in [3.63, 3.8) is 0 Å². The van der Waals surface area contributed by atoms with Crippen molar-refractivity contribution in [3.05, 3.63) is 0 Å². The van der Waals surface area contributed by atoms with Crippen LogP contribution in [0.2, 0.25) is 0 Å². The molecule has 0 heterocycles. The molecule has 1 fully saturated rings. The molecule has 0 spiro atoms. The zero-order chi connectivity index (χ0) is 15.3. The smallest absolute Gasteiger partial charge is 0.303 e. The minimum atomic E-state index is -0.837. The number of amides is 1. The average Bonchev–Trinajstić information content (AvgIpc) is 2.26. The first kappa shape index (κ1) is 17.0. The molecule has 1 aliphatic carbocycles. The first-order valence-electron chi connectivity index (χ1n) is 7.71. The highest BCUT2D eigenvalue weighted by molar-refractivity contribution is 5.77. The van der Waals surface area contributed by atoms with Crippen molar-refractivity contribution in [2.24, 2.45) is 17.3 Å². The van der Waals surface area contributed by atoms with Crippen LogP contribution >= 0.6 is 0 Å². The fraction of sp³-hybridized carbons (Fsp3) is 0.875. The van der Waals surface area contributed by atoms with Gasteiger partial charge in [0.25, 0.3) is 0 Å². The number of aliphatic carboxylic acids is 1. The van der Waals surface area contributed by atoms with Crippen LogP contribution in [0.15, 0.2) is 0 Å². The Balaban J connectivity index is 2.52. The molecule has 4 heteroatoms. The molecule has 0 aromatic heterocycles. The van der Waals surface area contributed by atoms with Gasteiger partial charge in [-0.05, 0) is 30.1 Å². The standard InChI is InChI=1S/C16H29NO3/c1-11(10-15(19)20)9-14(18)17-13-8-6-5-7-12(13)16(2,3)4/h11-13H,5-10H2,1-4H3,(H,17,18)(H,19,20). The third-order valence-electron chi connectivity index (χ3n) is 4.28. The second-order valence-corrected chi connectivity index (χ2v) is 7.34. The molecule has 0 aliphatic heterocycles. The second-order valence-electron chi connectivity index (χ2n) is 7.34. The summed E-state index contributed by atoms with van der Waals surface area (Å²) in [4.78, 5) is 22.7. The summed E-state index contributed by atoms with van der Waals surface area (Å²) in [7, 11) is 0. The van der Waals surface area contributed by atoms with Crippen molar-refractivity contribution in [1.29, 1.82) is 0 Å². The van der Waals surface area contributed by atoms with Crippen molar-refractivity contribution in [2.75, 3.05) is 0 Å². The summed E-state index contributed by atoms with van der Waals surface area (Å²) in [5.74, 6) is -0.436. The first-order chi connectivity index (χ1) is 9.20. The van der Waals surface area contributed by atoms with Crippen molar-refractivity contribution in [2.45, 2.75) is 72.3 Å². The van der Waals surface area contributed by atoms with Crippen LogP contribution in [-0.2, 0) is 9.59 Å². The molecule has 0 radical (unpaired) electrons. The summed E-state index contributed by atoms with van der Waals surface area (Å²) in [6.45, 7) is 8.51. The van der Waals surface area contributed by atoms with Crippen LogP contribution in [0.3, 0.4) is 0 Å². The summed E-state index contributed by atoms with van der Waals surface area (Å²) < 4.78 is 0. The fourth-order valence-corrected chi connectivity index (χ4v) is 3.29. The normalized spacial score (nSPS) is 25.0. The summed E-state index contributed by atoms with van der Waals surface area (Å²) in [5, 5.41) is 11.9. The Morgan fingerprint density at radius 2 is 1.80 bits per heavy atom. The van der Waals surface area contributed by atoms with Gasteiger partial charge in [0.1, 0.15) is 0 Å². The van der Waals surface area contributed by atoms with Crippen molar-refractivity contribution in [1.82, 2.24) is 5.32 Å². The van der Waals surface area contributed by atoms with E-state index >= 15 is 0 Å². The highest BCUT2D eigenvalue weighted by Gasteiger charge is 2.34. The van der Waals surface area contributed by atoms with Crippen LogP contribution in [0.25, 0.3) is 0 Å². The summed E-state index contributed by atoms with van der Waals surface area (Å²) in [6.07, 6.45) is 4.98. The number of hydrogen-bond donors (Lipinski definition) is 2. The Bertz CT molecular complexity index is 346.